The van der Waals surface area contributed by atoms with Gasteiger partial charge in [-0.3, -0.25) is 4.79 Å². The maximum atomic E-state index is 12.7. The first-order chi connectivity index (χ1) is 11.1. The molecule has 1 aliphatic heterocycles. The molecule has 3 heteroatoms. The molecule has 2 aromatic rings. The van der Waals surface area contributed by atoms with Gasteiger partial charge in [0, 0.05) is 25.4 Å². The predicted molar refractivity (Wildman–Crippen MR) is 91.3 cm³/mol. The monoisotopic (exact) mass is 311 g/mol. The first-order valence-corrected chi connectivity index (χ1v) is 8.51. The lowest BCUT2D eigenvalue weighted by molar-refractivity contribution is -0.130. The van der Waals surface area contributed by atoms with Gasteiger partial charge in [-0.2, -0.15) is 0 Å². The molecule has 1 amide bonds. The quantitative estimate of drug-likeness (QED) is 0.818. The van der Waals surface area contributed by atoms with Crippen LogP contribution in [0.1, 0.15) is 49.8 Å². The first kappa shape index (κ1) is 15.9. The molecule has 0 aliphatic carbocycles. The Hall–Kier alpha value is -2.03. The van der Waals surface area contributed by atoms with Crippen LogP contribution in [0.2, 0.25) is 0 Å². The molecule has 1 aliphatic rings. The number of nitrogens with zero attached hydrogens (tertiary/aromatic N) is 1. The highest BCUT2D eigenvalue weighted by molar-refractivity contribution is 5.77. The van der Waals surface area contributed by atoms with Crippen LogP contribution in [0.15, 0.2) is 53.1 Å². The van der Waals surface area contributed by atoms with Crippen molar-refractivity contribution < 1.29 is 9.21 Å². The minimum Gasteiger partial charge on any atom is -0.469 e. The minimum absolute atomic E-state index is 0.265. The predicted octanol–water partition coefficient (Wildman–Crippen LogP) is 4.43. The van der Waals surface area contributed by atoms with Crippen LogP contribution in [0.4, 0.5) is 0 Å². The molecular weight excluding hydrogens is 286 g/mol. The fourth-order valence-corrected chi connectivity index (χ4v) is 3.50. The number of benzene rings is 1. The van der Waals surface area contributed by atoms with Gasteiger partial charge in [0.15, 0.2) is 0 Å². The third kappa shape index (κ3) is 3.66. The average Bonchev–Trinajstić information content (AvgIpc) is 3.23. The van der Waals surface area contributed by atoms with E-state index in [2.05, 4.69) is 38.1 Å². The van der Waals surface area contributed by atoms with Crippen LogP contribution in [-0.4, -0.2) is 23.9 Å². The van der Waals surface area contributed by atoms with Crippen molar-refractivity contribution in [2.45, 2.75) is 38.5 Å². The van der Waals surface area contributed by atoms with Crippen molar-refractivity contribution in [1.82, 2.24) is 4.90 Å². The molecule has 1 aromatic carbocycles. The molecule has 2 atom stereocenters. The average molecular weight is 311 g/mol. The molecule has 23 heavy (non-hydrogen) atoms. The second kappa shape index (κ2) is 7.03. The molecule has 0 saturated carbocycles. The zero-order valence-corrected chi connectivity index (χ0v) is 13.9. The zero-order valence-electron chi connectivity index (χ0n) is 13.9. The van der Waals surface area contributed by atoms with Gasteiger partial charge in [-0.1, -0.05) is 44.2 Å². The van der Waals surface area contributed by atoms with Crippen molar-refractivity contribution in [3.05, 3.63) is 60.1 Å². The first-order valence-electron chi connectivity index (χ1n) is 8.51. The Morgan fingerprint density at radius 2 is 2.00 bits per heavy atom. The number of carbonyl (C=O) groups excluding carboxylic acids is 1. The maximum absolute atomic E-state index is 12.7. The van der Waals surface area contributed by atoms with E-state index in [9.17, 15) is 4.79 Å². The lowest BCUT2D eigenvalue weighted by Crippen LogP contribution is -2.30. The van der Waals surface area contributed by atoms with Gasteiger partial charge < -0.3 is 9.32 Å². The third-order valence-electron chi connectivity index (χ3n) is 4.91. The summed E-state index contributed by atoms with van der Waals surface area (Å²) in [6, 6.07) is 14.3. The molecule has 0 bridgehead atoms. The summed E-state index contributed by atoms with van der Waals surface area (Å²) in [7, 11) is 0. The van der Waals surface area contributed by atoms with E-state index >= 15 is 0 Å². The van der Waals surface area contributed by atoms with Gasteiger partial charge in [0.2, 0.25) is 5.91 Å². The fourth-order valence-electron chi connectivity index (χ4n) is 3.50. The topological polar surface area (TPSA) is 33.5 Å². The van der Waals surface area contributed by atoms with Crippen LogP contribution < -0.4 is 0 Å². The smallest absolute Gasteiger partial charge is 0.223 e. The maximum Gasteiger partial charge on any atom is 0.223 e. The summed E-state index contributed by atoms with van der Waals surface area (Å²) in [5.74, 6) is 2.35. The van der Waals surface area contributed by atoms with Crippen molar-refractivity contribution >= 4 is 5.91 Å². The summed E-state index contributed by atoms with van der Waals surface area (Å²) in [5.41, 5.74) is 1.26. The van der Waals surface area contributed by atoms with Crippen molar-refractivity contribution in [2.75, 3.05) is 13.1 Å². The van der Waals surface area contributed by atoms with E-state index in [-0.39, 0.29) is 11.8 Å². The summed E-state index contributed by atoms with van der Waals surface area (Å²) in [6.07, 6.45) is 3.30. The normalized spacial score (nSPS) is 19.3. The minimum atomic E-state index is 0.265. The van der Waals surface area contributed by atoms with Gasteiger partial charge in [-0.05, 0) is 36.0 Å². The van der Waals surface area contributed by atoms with Crippen molar-refractivity contribution in [3.63, 3.8) is 0 Å². The standard InChI is InChI=1S/C20H25NO2/c1-15(2)18(16-7-4-3-5-8-16)13-20(22)21-11-10-17(14-21)19-9-6-12-23-19/h3-9,12,15,17-18H,10-11,13-14H2,1-2H3. The second-order valence-corrected chi connectivity index (χ2v) is 6.81. The van der Waals surface area contributed by atoms with Crippen LogP contribution in [0.5, 0.6) is 0 Å². The molecule has 2 unspecified atom stereocenters. The molecule has 1 fully saturated rings. The van der Waals surface area contributed by atoms with Gasteiger partial charge in [-0.25, -0.2) is 0 Å². The molecule has 2 heterocycles. The van der Waals surface area contributed by atoms with Crippen molar-refractivity contribution in [2.24, 2.45) is 5.92 Å². The zero-order chi connectivity index (χ0) is 16.2. The highest BCUT2D eigenvalue weighted by Gasteiger charge is 2.30. The van der Waals surface area contributed by atoms with Gasteiger partial charge in [0.25, 0.3) is 0 Å². The Bertz CT molecular complexity index is 618. The molecule has 3 nitrogen and oxygen atoms in total. The number of likely N-dealkylation sites (tertiary alicyclic amines) is 1. The van der Waals surface area contributed by atoms with Crippen LogP contribution in [0, 0.1) is 5.92 Å². The second-order valence-electron chi connectivity index (χ2n) is 6.81. The number of furan rings is 1. The largest absolute Gasteiger partial charge is 0.469 e. The van der Waals surface area contributed by atoms with Crippen molar-refractivity contribution in [3.8, 4) is 0 Å². The van der Waals surface area contributed by atoms with E-state index in [0.717, 1.165) is 25.3 Å². The lowest BCUT2D eigenvalue weighted by Gasteiger charge is -2.24. The molecule has 1 aromatic heterocycles. The summed E-state index contributed by atoms with van der Waals surface area (Å²) in [5, 5.41) is 0. The number of amides is 1. The summed E-state index contributed by atoms with van der Waals surface area (Å²) < 4.78 is 5.50. The van der Waals surface area contributed by atoms with E-state index in [1.807, 2.05) is 23.1 Å². The van der Waals surface area contributed by atoms with Crippen LogP contribution in [0.25, 0.3) is 0 Å². The SMILES string of the molecule is CC(C)C(CC(=O)N1CCC(c2ccco2)C1)c1ccccc1. The number of hydrogen-bond donors (Lipinski definition) is 0. The van der Waals surface area contributed by atoms with Crippen LogP contribution >= 0.6 is 0 Å². The molecule has 0 spiro atoms. The van der Waals surface area contributed by atoms with Gasteiger partial charge in [0.05, 0.1) is 6.26 Å². The van der Waals surface area contributed by atoms with Crippen LogP contribution in [-0.2, 0) is 4.79 Å². The number of carbonyl (C=O) groups is 1. The Labute approximate surface area is 138 Å². The molecule has 1 saturated heterocycles. The van der Waals surface area contributed by atoms with Crippen molar-refractivity contribution in [1.29, 1.82) is 0 Å². The molecule has 0 radical (unpaired) electrons. The third-order valence-corrected chi connectivity index (χ3v) is 4.91. The van der Waals surface area contributed by atoms with E-state index < -0.39 is 0 Å². The van der Waals surface area contributed by atoms with E-state index in [1.165, 1.54) is 5.56 Å². The Morgan fingerprint density at radius 3 is 2.65 bits per heavy atom. The Balaban J connectivity index is 1.64. The molecule has 0 N–H and O–H groups in total. The fraction of sp³-hybridized carbons (Fsp3) is 0.450. The molecular formula is C20H25NO2. The van der Waals surface area contributed by atoms with Crippen LogP contribution in [0.3, 0.4) is 0 Å². The Morgan fingerprint density at radius 1 is 1.22 bits per heavy atom. The van der Waals surface area contributed by atoms with Gasteiger partial charge in [0.1, 0.15) is 5.76 Å². The van der Waals surface area contributed by atoms with Gasteiger partial charge >= 0.3 is 0 Å². The van der Waals surface area contributed by atoms with Gasteiger partial charge in [-0.15, -0.1) is 0 Å². The molecule has 122 valence electrons. The number of rotatable bonds is 5. The lowest BCUT2D eigenvalue weighted by atomic mass is 9.85. The summed E-state index contributed by atoms with van der Waals surface area (Å²) in [4.78, 5) is 14.7. The summed E-state index contributed by atoms with van der Waals surface area (Å²) >= 11 is 0. The van der Waals surface area contributed by atoms with E-state index in [0.29, 0.717) is 18.3 Å². The van der Waals surface area contributed by atoms with E-state index in [4.69, 9.17) is 4.42 Å². The van der Waals surface area contributed by atoms with E-state index in [1.54, 1.807) is 6.26 Å². The Kier molecular flexibility index (Phi) is 4.85. The number of hydrogen-bond acceptors (Lipinski definition) is 2. The highest BCUT2D eigenvalue weighted by Crippen LogP contribution is 2.32. The highest BCUT2D eigenvalue weighted by atomic mass is 16.3. The summed E-state index contributed by atoms with van der Waals surface area (Å²) in [6.45, 7) is 6.01. The molecule has 3 rings (SSSR count).